The molecular formula is C18H23N7O. The molecule has 0 saturated carbocycles. The van der Waals surface area contributed by atoms with Crippen molar-refractivity contribution in [2.24, 2.45) is 0 Å². The van der Waals surface area contributed by atoms with Gasteiger partial charge in [-0.3, -0.25) is 0 Å². The van der Waals surface area contributed by atoms with Crippen LogP contribution in [0.15, 0.2) is 43.0 Å². The summed E-state index contributed by atoms with van der Waals surface area (Å²) in [6.07, 6.45) is 6.52. The highest BCUT2D eigenvalue weighted by atomic mass is 16.5. The number of nitrogens with zero attached hydrogens (tertiary/aromatic N) is 5. The molecule has 1 aliphatic heterocycles. The maximum Gasteiger partial charge on any atom is 0.134 e. The summed E-state index contributed by atoms with van der Waals surface area (Å²) in [5, 5.41) is 7.94. The van der Waals surface area contributed by atoms with Gasteiger partial charge in [-0.05, 0) is 18.6 Å². The lowest BCUT2D eigenvalue weighted by Gasteiger charge is -2.25. The van der Waals surface area contributed by atoms with Gasteiger partial charge in [0.05, 0.1) is 17.8 Å². The van der Waals surface area contributed by atoms with Crippen LogP contribution in [0.2, 0.25) is 0 Å². The van der Waals surface area contributed by atoms with E-state index in [2.05, 4.69) is 31.3 Å². The van der Waals surface area contributed by atoms with Gasteiger partial charge in [-0.15, -0.1) is 0 Å². The van der Waals surface area contributed by atoms with E-state index >= 15 is 0 Å². The van der Waals surface area contributed by atoms with Gasteiger partial charge in [0.25, 0.3) is 0 Å². The van der Waals surface area contributed by atoms with Gasteiger partial charge in [-0.25, -0.2) is 14.5 Å². The summed E-state index contributed by atoms with van der Waals surface area (Å²) in [5.41, 5.74) is 8.13. The fourth-order valence-electron chi connectivity index (χ4n) is 3.53. The molecule has 1 aliphatic rings. The van der Waals surface area contributed by atoms with Gasteiger partial charge in [0, 0.05) is 50.6 Å². The number of nitrogens with one attached hydrogen (secondary N) is 1. The maximum atomic E-state index is 5.82. The molecule has 136 valence electrons. The first-order chi connectivity index (χ1) is 12.7. The second kappa shape index (κ2) is 7.27. The van der Waals surface area contributed by atoms with E-state index in [4.69, 9.17) is 10.5 Å². The number of rotatable bonds is 6. The third-order valence-electron chi connectivity index (χ3n) is 4.88. The summed E-state index contributed by atoms with van der Waals surface area (Å²) in [6, 6.07) is 8.19. The van der Waals surface area contributed by atoms with Crippen molar-refractivity contribution in [2.45, 2.75) is 25.1 Å². The average molecular weight is 353 g/mol. The summed E-state index contributed by atoms with van der Waals surface area (Å²) in [7, 11) is 1.76. The second-order valence-electron chi connectivity index (χ2n) is 6.53. The molecule has 3 N–H and O–H groups in total. The molecule has 8 heteroatoms. The molecule has 0 aliphatic carbocycles. The minimum absolute atomic E-state index is 0.190. The summed E-state index contributed by atoms with van der Waals surface area (Å²) in [5.74, 6) is 1.33. The summed E-state index contributed by atoms with van der Waals surface area (Å²) < 4.78 is 7.47. The van der Waals surface area contributed by atoms with E-state index in [-0.39, 0.29) is 12.1 Å². The van der Waals surface area contributed by atoms with E-state index in [1.807, 2.05) is 35.1 Å². The molecule has 3 aromatic rings. The zero-order chi connectivity index (χ0) is 17.9. The first-order valence-corrected chi connectivity index (χ1v) is 8.73. The molecule has 8 nitrogen and oxygen atoms in total. The van der Waals surface area contributed by atoms with Gasteiger partial charge in [0.2, 0.25) is 0 Å². The normalized spacial score (nSPS) is 20.1. The number of ether oxygens (including phenoxy) is 1. The fraction of sp³-hybridized carbons (Fsp3) is 0.389. The summed E-state index contributed by atoms with van der Waals surface area (Å²) in [4.78, 5) is 10.6. The molecule has 0 bridgehead atoms. The third kappa shape index (κ3) is 3.33. The molecule has 4 rings (SSSR count). The molecule has 0 aromatic carbocycles. The Balaban J connectivity index is 1.43. The zero-order valence-corrected chi connectivity index (χ0v) is 14.7. The largest absolute Gasteiger partial charge is 0.384 e. The van der Waals surface area contributed by atoms with Crippen LogP contribution in [0, 0.1) is 0 Å². The second-order valence-corrected chi connectivity index (χ2v) is 6.53. The standard InChI is InChI=1S/C18H23N7O/c1-26-15-6-14(24(11-15)18-7-17(19)21-12-22-18)10-20-8-13-9-23-25-5-3-2-4-16(13)25/h2-5,7,9,12,14-15,20H,6,8,10-11H2,1H3,(H2,19,21,22)/t14-,15-/m1/s1. The monoisotopic (exact) mass is 353 g/mol. The Bertz CT molecular complexity index is 881. The van der Waals surface area contributed by atoms with Crippen LogP contribution < -0.4 is 16.0 Å². The van der Waals surface area contributed by atoms with Crippen molar-refractivity contribution in [1.82, 2.24) is 24.9 Å². The first kappa shape index (κ1) is 16.7. The number of pyridine rings is 1. The molecule has 4 heterocycles. The average Bonchev–Trinajstić information content (AvgIpc) is 3.26. The highest BCUT2D eigenvalue weighted by Gasteiger charge is 2.32. The fourth-order valence-corrected chi connectivity index (χ4v) is 3.53. The number of methoxy groups -OCH3 is 1. The molecule has 26 heavy (non-hydrogen) atoms. The van der Waals surface area contributed by atoms with Crippen molar-refractivity contribution in [3.05, 3.63) is 48.5 Å². The molecule has 2 atom stereocenters. The molecular weight excluding hydrogens is 330 g/mol. The molecule has 0 radical (unpaired) electrons. The lowest BCUT2D eigenvalue weighted by molar-refractivity contribution is 0.118. The number of anilines is 2. The topological polar surface area (TPSA) is 93.6 Å². The summed E-state index contributed by atoms with van der Waals surface area (Å²) >= 11 is 0. The van der Waals surface area contributed by atoms with Crippen molar-refractivity contribution in [3.8, 4) is 0 Å². The smallest absolute Gasteiger partial charge is 0.134 e. The Kier molecular flexibility index (Phi) is 4.68. The van der Waals surface area contributed by atoms with Crippen molar-refractivity contribution < 1.29 is 4.74 Å². The highest BCUT2D eigenvalue weighted by Crippen LogP contribution is 2.25. The minimum Gasteiger partial charge on any atom is -0.384 e. The minimum atomic E-state index is 0.190. The van der Waals surface area contributed by atoms with E-state index in [1.165, 1.54) is 11.9 Å². The zero-order valence-electron chi connectivity index (χ0n) is 14.7. The Hall–Kier alpha value is -2.71. The van der Waals surface area contributed by atoms with Crippen molar-refractivity contribution in [1.29, 1.82) is 0 Å². The van der Waals surface area contributed by atoms with Gasteiger partial charge < -0.3 is 20.7 Å². The SMILES string of the molecule is CO[C@@H]1C[C@H](CNCc2cnn3ccccc23)N(c2cc(N)ncn2)C1. The van der Waals surface area contributed by atoms with Crippen LogP contribution in [0.3, 0.4) is 0 Å². The van der Waals surface area contributed by atoms with Crippen LogP contribution in [-0.2, 0) is 11.3 Å². The molecule has 1 fully saturated rings. The third-order valence-corrected chi connectivity index (χ3v) is 4.88. The van der Waals surface area contributed by atoms with Crippen molar-refractivity contribution in [2.75, 3.05) is 30.8 Å². The molecule has 0 spiro atoms. The van der Waals surface area contributed by atoms with E-state index in [1.54, 1.807) is 7.11 Å². The first-order valence-electron chi connectivity index (χ1n) is 8.73. The van der Waals surface area contributed by atoms with Crippen LogP contribution in [-0.4, -0.2) is 51.9 Å². The number of fused-ring (bicyclic) bond motifs is 1. The van der Waals surface area contributed by atoms with Gasteiger partial charge in [-0.1, -0.05) is 6.07 Å². The molecule has 1 saturated heterocycles. The lowest BCUT2D eigenvalue weighted by atomic mass is 10.2. The van der Waals surface area contributed by atoms with Gasteiger partial charge in [0.1, 0.15) is 18.0 Å². The van der Waals surface area contributed by atoms with E-state index in [0.29, 0.717) is 5.82 Å². The number of hydrogen-bond acceptors (Lipinski definition) is 7. The molecule has 0 amide bonds. The Labute approximate surface area is 152 Å². The Morgan fingerprint density at radius 3 is 3.12 bits per heavy atom. The van der Waals surface area contributed by atoms with E-state index in [0.717, 1.165) is 37.4 Å². The Morgan fingerprint density at radius 1 is 1.35 bits per heavy atom. The maximum absolute atomic E-state index is 5.82. The Morgan fingerprint density at radius 2 is 2.27 bits per heavy atom. The number of hydrogen-bond donors (Lipinski definition) is 2. The predicted molar refractivity (Wildman–Crippen MR) is 99.9 cm³/mol. The number of nitrogens with two attached hydrogens (primary N) is 1. The van der Waals surface area contributed by atoms with Crippen molar-refractivity contribution in [3.63, 3.8) is 0 Å². The quantitative estimate of drug-likeness (QED) is 0.685. The van der Waals surface area contributed by atoms with Crippen LogP contribution in [0.4, 0.5) is 11.6 Å². The van der Waals surface area contributed by atoms with E-state index in [9.17, 15) is 0 Å². The van der Waals surface area contributed by atoms with Crippen LogP contribution in [0.25, 0.3) is 5.52 Å². The van der Waals surface area contributed by atoms with Gasteiger partial charge in [-0.2, -0.15) is 5.10 Å². The molecule has 0 unspecified atom stereocenters. The molecule has 3 aromatic heterocycles. The van der Waals surface area contributed by atoms with Crippen LogP contribution in [0.5, 0.6) is 0 Å². The van der Waals surface area contributed by atoms with Crippen LogP contribution in [0.1, 0.15) is 12.0 Å². The van der Waals surface area contributed by atoms with Crippen molar-refractivity contribution >= 4 is 17.2 Å². The summed E-state index contributed by atoms with van der Waals surface area (Å²) in [6.45, 7) is 2.39. The highest BCUT2D eigenvalue weighted by molar-refractivity contribution is 5.53. The number of nitrogen functional groups attached to an aromatic ring is 1. The number of aromatic nitrogens is 4. The van der Waals surface area contributed by atoms with E-state index < -0.39 is 0 Å². The predicted octanol–water partition coefficient (Wildman–Crippen LogP) is 1.09. The van der Waals surface area contributed by atoms with Crippen LogP contribution >= 0.6 is 0 Å². The van der Waals surface area contributed by atoms with Gasteiger partial charge in [0.15, 0.2) is 0 Å². The lowest BCUT2D eigenvalue weighted by Crippen LogP contribution is -2.38. The van der Waals surface area contributed by atoms with Gasteiger partial charge >= 0.3 is 0 Å².